The third-order valence-corrected chi connectivity index (χ3v) is 8.45. The van der Waals surface area contributed by atoms with Gasteiger partial charge in [0.1, 0.15) is 10.6 Å². The molecule has 0 spiro atoms. The van der Waals surface area contributed by atoms with Gasteiger partial charge < -0.3 is 4.18 Å². The van der Waals surface area contributed by atoms with E-state index in [1.54, 1.807) is 47.7 Å². The summed E-state index contributed by atoms with van der Waals surface area (Å²) in [6, 6.07) is 12.3. The van der Waals surface area contributed by atoms with Gasteiger partial charge in [-0.25, -0.2) is 4.98 Å². The molecular weight excluding hydrogens is 473 g/mol. The van der Waals surface area contributed by atoms with Gasteiger partial charge in [0.05, 0.1) is 11.1 Å². The second-order valence-corrected chi connectivity index (χ2v) is 11.0. The minimum Gasteiger partial charge on any atom is -0.382 e. The molecular formula is C21H18N2O4S4. The molecule has 0 N–H and O–H groups in total. The molecule has 1 aromatic carbocycles. The van der Waals surface area contributed by atoms with Gasteiger partial charge in [-0.05, 0) is 23.6 Å². The zero-order valence-corrected chi connectivity index (χ0v) is 19.5. The Morgan fingerprint density at radius 3 is 2.68 bits per heavy atom. The van der Waals surface area contributed by atoms with Crippen LogP contribution in [-0.2, 0) is 16.7 Å². The number of rotatable bonds is 9. The van der Waals surface area contributed by atoms with Crippen molar-refractivity contribution in [2.24, 2.45) is 0 Å². The molecule has 6 nitrogen and oxygen atoms in total. The molecule has 0 aliphatic heterocycles. The number of benzene rings is 1. The Hall–Kier alpha value is -2.40. The number of thiophene rings is 2. The highest BCUT2D eigenvalue weighted by molar-refractivity contribution is 8.00. The Bertz CT molecular complexity index is 1360. The lowest BCUT2D eigenvalue weighted by molar-refractivity contribution is 0.488. The molecule has 31 heavy (non-hydrogen) atoms. The van der Waals surface area contributed by atoms with E-state index in [0.717, 1.165) is 10.4 Å². The summed E-state index contributed by atoms with van der Waals surface area (Å²) in [5.41, 5.74) is 0.723. The maximum atomic E-state index is 13.2. The minimum atomic E-state index is -3.76. The fraction of sp³-hybridized carbons (Fsp3) is 0.143. The standard InChI is InChI=1S/C21H18N2O4S4/c1-2-10-23-20(24)18-16(17-9-6-11-28-17)14-30-19(18)22-21(23)29-12-13-31(25,26)27-15-7-4-3-5-8-15/h2-9,11,14H,1,10,12-13H2. The van der Waals surface area contributed by atoms with Crippen LogP contribution in [0.4, 0.5) is 0 Å². The topological polar surface area (TPSA) is 78.3 Å². The largest absolute Gasteiger partial charge is 0.382 e. The molecule has 0 radical (unpaired) electrons. The predicted octanol–water partition coefficient (Wildman–Crippen LogP) is 4.87. The molecule has 0 unspecified atom stereocenters. The van der Waals surface area contributed by atoms with Crippen molar-refractivity contribution in [2.75, 3.05) is 11.5 Å². The van der Waals surface area contributed by atoms with Gasteiger partial charge in [-0.15, -0.1) is 29.3 Å². The maximum Gasteiger partial charge on any atom is 0.310 e. The summed E-state index contributed by atoms with van der Waals surface area (Å²) < 4.78 is 31.2. The molecule has 10 heteroatoms. The van der Waals surface area contributed by atoms with Gasteiger partial charge in [0.25, 0.3) is 5.56 Å². The van der Waals surface area contributed by atoms with Gasteiger partial charge in [-0.1, -0.05) is 42.1 Å². The lowest BCUT2D eigenvalue weighted by Crippen LogP contribution is -2.23. The van der Waals surface area contributed by atoms with Crippen LogP contribution in [0.3, 0.4) is 0 Å². The van der Waals surface area contributed by atoms with Crippen molar-refractivity contribution in [3.8, 4) is 16.2 Å². The van der Waals surface area contributed by atoms with Gasteiger partial charge in [0.2, 0.25) is 0 Å². The Morgan fingerprint density at radius 1 is 1.16 bits per heavy atom. The smallest absolute Gasteiger partial charge is 0.310 e. The molecule has 3 aromatic heterocycles. The Morgan fingerprint density at radius 2 is 1.97 bits per heavy atom. The first kappa shape index (κ1) is 21.8. The van der Waals surface area contributed by atoms with Crippen LogP contribution >= 0.6 is 34.4 Å². The third-order valence-electron chi connectivity index (χ3n) is 4.29. The van der Waals surface area contributed by atoms with Crippen molar-refractivity contribution in [2.45, 2.75) is 11.7 Å². The molecule has 0 fully saturated rings. The molecule has 0 bridgehead atoms. The van der Waals surface area contributed by atoms with Crippen LogP contribution in [0.2, 0.25) is 0 Å². The van der Waals surface area contributed by atoms with Crippen molar-refractivity contribution in [3.05, 3.63) is 76.2 Å². The van der Waals surface area contributed by atoms with E-state index in [0.29, 0.717) is 15.4 Å². The van der Waals surface area contributed by atoms with E-state index in [4.69, 9.17) is 4.18 Å². The van der Waals surface area contributed by atoms with Gasteiger partial charge in [0.15, 0.2) is 5.16 Å². The molecule has 0 aliphatic carbocycles. The fourth-order valence-electron chi connectivity index (χ4n) is 2.92. The zero-order valence-electron chi connectivity index (χ0n) is 16.3. The minimum absolute atomic E-state index is 0.152. The zero-order chi connectivity index (χ0) is 21.8. The molecule has 0 aliphatic rings. The average Bonchev–Trinajstić information content (AvgIpc) is 3.40. The number of nitrogens with zero attached hydrogens (tertiary/aromatic N) is 2. The fourth-order valence-corrected chi connectivity index (χ4v) is 7.02. The summed E-state index contributed by atoms with van der Waals surface area (Å²) in [7, 11) is -3.76. The summed E-state index contributed by atoms with van der Waals surface area (Å²) in [5, 5.41) is 4.96. The van der Waals surface area contributed by atoms with Crippen molar-refractivity contribution >= 4 is 54.8 Å². The third kappa shape index (κ3) is 4.93. The van der Waals surface area contributed by atoms with Gasteiger partial charge in [-0.3, -0.25) is 9.36 Å². The predicted molar refractivity (Wildman–Crippen MR) is 129 cm³/mol. The molecule has 4 aromatic rings. The highest BCUT2D eigenvalue weighted by Crippen LogP contribution is 2.34. The monoisotopic (exact) mass is 490 g/mol. The number of aromatic nitrogens is 2. The SMILES string of the molecule is C=CCn1c(SCCS(=O)(=O)Oc2ccccc2)nc2scc(-c3cccs3)c2c1=O. The number of hydrogen-bond donors (Lipinski definition) is 0. The van der Waals surface area contributed by atoms with Crippen molar-refractivity contribution < 1.29 is 12.6 Å². The average molecular weight is 491 g/mol. The van der Waals surface area contributed by atoms with Gasteiger partial charge in [0, 0.05) is 28.1 Å². The second-order valence-electron chi connectivity index (χ2n) is 6.41. The van der Waals surface area contributed by atoms with Crippen LogP contribution < -0.4 is 9.74 Å². The molecule has 3 heterocycles. The summed E-state index contributed by atoms with van der Waals surface area (Å²) in [4.78, 5) is 19.6. The number of allylic oxidation sites excluding steroid dienone is 1. The molecule has 0 saturated heterocycles. The van der Waals surface area contributed by atoms with E-state index in [2.05, 4.69) is 11.6 Å². The Balaban J connectivity index is 1.58. The summed E-state index contributed by atoms with van der Waals surface area (Å²) >= 11 is 4.19. The van der Waals surface area contributed by atoms with E-state index in [1.807, 2.05) is 22.9 Å². The van der Waals surface area contributed by atoms with E-state index in [9.17, 15) is 13.2 Å². The van der Waals surface area contributed by atoms with Crippen LogP contribution in [0.1, 0.15) is 0 Å². The number of hydrogen-bond acceptors (Lipinski definition) is 8. The highest BCUT2D eigenvalue weighted by Gasteiger charge is 2.19. The molecule has 0 atom stereocenters. The first-order chi connectivity index (χ1) is 15.0. The number of fused-ring (bicyclic) bond motifs is 1. The van der Waals surface area contributed by atoms with Crippen LogP contribution in [-0.4, -0.2) is 29.5 Å². The molecule has 4 rings (SSSR count). The lowest BCUT2D eigenvalue weighted by Gasteiger charge is -2.11. The van der Waals surface area contributed by atoms with E-state index in [-0.39, 0.29) is 29.4 Å². The Kier molecular flexibility index (Phi) is 6.61. The normalized spacial score (nSPS) is 11.6. The van der Waals surface area contributed by atoms with Crippen LogP contribution in [0, 0.1) is 0 Å². The van der Waals surface area contributed by atoms with Crippen LogP contribution in [0.15, 0.2) is 75.8 Å². The molecule has 0 saturated carbocycles. The molecule has 0 amide bonds. The summed E-state index contributed by atoms with van der Waals surface area (Å²) in [6.45, 7) is 4.03. The molecule has 160 valence electrons. The second kappa shape index (κ2) is 9.39. The van der Waals surface area contributed by atoms with Crippen LogP contribution in [0.25, 0.3) is 20.7 Å². The van der Waals surface area contributed by atoms with Crippen molar-refractivity contribution in [3.63, 3.8) is 0 Å². The van der Waals surface area contributed by atoms with Gasteiger partial charge in [-0.2, -0.15) is 8.42 Å². The van der Waals surface area contributed by atoms with E-state index >= 15 is 0 Å². The quantitative estimate of drug-likeness (QED) is 0.144. The lowest BCUT2D eigenvalue weighted by atomic mass is 10.2. The number of thioether (sulfide) groups is 1. The van der Waals surface area contributed by atoms with Gasteiger partial charge >= 0.3 is 10.1 Å². The van der Waals surface area contributed by atoms with E-state index < -0.39 is 10.1 Å². The van der Waals surface area contributed by atoms with Crippen molar-refractivity contribution in [1.82, 2.24) is 9.55 Å². The van der Waals surface area contributed by atoms with E-state index in [1.165, 1.54) is 27.7 Å². The summed E-state index contributed by atoms with van der Waals surface area (Å²) in [5.74, 6) is 0.266. The van der Waals surface area contributed by atoms with Crippen LogP contribution in [0.5, 0.6) is 5.75 Å². The summed E-state index contributed by atoms with van der Waals surface area (Å²) in [6.07, 6.45) is 1.63. The highest BCUT2D eigenvalue weighted by atomic mass is 32.2. The maximum absolute atomic E-state index is 13.2. The first-order valence-corrected chi connectivity index (χ1v) is 13.6. The first-order valence-electron chi connectivity index (χ1n) is 9.25. The Labute approximate surface area is 192 Å². The van der Waals surface area contributed by atoms with Crippen molar-refractivity contribution in [1.29, 1.82) is 0 Å². The number of para-hydroxylation sites is 1.